The first kappa shape index (κ1) is 15.0. The SMILES string of the molecule is Cc1nnc(-c2ccccc2NS(=O)(=O)CCC(=O)O)o1. The molecule has 0 atom stereocenters. The Morgan fingerprint density at radius 1 is 1.33 bits per heavy atom. The van der Waals surface area contributed by atoms with Gasteiger partial charge in [0, 0.05) is 6.92 Å². The van der Waals surface area contributed by atoms with Crippen LogP contribution < -0.4 is 4.72 Å². The highest BCUT2D eigenvalue weighted by atomic mass is 32.2. The molecule has 2 aromatic rings. The minimum Gasteiger partial charge on any atom is -0.481 e. The molecule has 0 aliphatic carbocycles. The maximum Gasteiger partial charge on any atom is 0.304 e. The van der Waals surface area contributed by atoms with Gasteiger partial charge in [-0.1, -0.05) is 12.1 Å². The van der Waals surface area contributed by atoms with E-state index in [1.54, 1.807) is 25.1 Å². The summed E-state index contributed by atoms with van der Waals surface area (Å²) in [6.07, 6.45) is -0.475. The van der Waals surface area contributed by atoms with E-state index in [2.05, 4.69) is 14.9 Å². The van der Waals surface area contributed by atoms with E-state index >= 15 is 0 Å². The van der Waals surface area contributed by atoms with Crippen molar-refractivity contribution in [2.24, 2.45) is 0 Å². The number of aliphatic carboxylic acids is 1. The fourth-order valence-corrected chi connectivity index (χ4v) is 2.66. The number of nitrogens with zero attached hydrogens (tertiary/aromatic N) is 2. The number of rotatable bonds is 6. The van der Waals surface area contributed by atoms with Gasteiger partial charge in [-0.3, -0.25) is 9.52 Å². The molecule has 0 saturated carbocycles. The largest absolute Gasteiger partial charge is 0.481 e. The zero-order valence-corrected chi connectivity index (χ0v) is 11.9. The van der Waals surface area contributed by atoms with Crippen molar-refractivity contribution in [3.8, 4) is 11.5 Å². The number of para-hydroxylation sites is 1. The van der Waals surface area contributed by atoms with Gasteiger partial charge in [0.2, 0.25) is 21.8 Å². The highest BCUT2D eigenvalue weighted by Crippen LogP contribution is 2.27. The predicted octanol–water partition coefficient (Wildman–Crippen LogP) is 1.26. The molecule has 1 heterocycles. The summed E-state index contributed by atoms with van der Waals surface area (Å²) in [5.41, 5.74) is 0.684. The molecular formula is C12H13N3O5S. The lowest BCUT2D eigenvalue weighted by molar-refractivity contribution is -0.136. The molecule has 0 saturated heterocycles. The monoisotopic (exact) mass is 311 g/mol. The summed E-state index contributed by atoms with van der Waals surface area (Å²) in [6.45, 7) is 1.62. The fourth-order valence-electron chi connectivity index (χ4n) is 1.60. The second-order valence-corrected chi connectivity index (χ2v) is 6.08. The van der Waals surface area contributed by atoms with Crippen LogP contribution in [0, 0.1) is 6.92 Å². The van der Waals surface area contributed by atoms with E-state index in [-0.39, 0.29) is 11.6 Å². The van der Waals surface area contributed by atoms with Gasteiger partial charge in [-0.05, 0) is 12.1 Å². The van der Waals surface area contributed by atoms with Crippen LogP contribution in [0.4, 0.5) is 5.69 Å². The van der Waals surface area contributed by atoms with Crippen molar-refractivity contribution < 1.29 is 22.7 Å². The number of hydrogen-bond donors (Lipinski definition) is 2. The molecule has 21 heavy (non-hydrogen) atoms. The molecule has 1 aromatic heterocycles. The van der Waals surface area contributed by atoms with Crippen molar-refractivity contribution >= 4 is 21.7 Å². The maximum atomic E-state index is 11.9. The number of carbonyl (C=O) groups is 1. The first-order valence-electron chi connectivity index (χ1n) is 5.99. The predicted molar refractivity (Wildman–Crippen MR) is 74.1 cm³/mol. The molecule has 0 aliphatic rings. The highest BCUT2D eigenvalue weighted by Gasteiger charge is 2.17. The second-order valence-electron chi connectivity index (χ2n) is 4.24. The molecule has 9 heteroatoms. The number of aryl methyl sites for hydroxylation is 1. The van der Waals surface area contributed by atoms with Crippen LogP contribution in [0.2, 0.25) is 0 Å². The van der Waals surface area contributed by atoms with Crippen LogP contribution in [-0.2, 0) is 14.8 Å². The van der Waals surface area contributed by atoms with Crippen molar-refractivity contribution in [1.82, 2.24) is 10.2 Å². The normalized spacial score (nSPS) is 11.3. The van der Waals surface area contributed by atoms with Crippen LogP contribution in [0.25, 0.3) is 11.5 Å². The quantitative estimate of drug-likeness (QED) is 0.823. The van der Waals surface area contributed by atoms with Gasteiger partial charge in [-0.25, -0.2) is 8.42 Å². The van der Waals surface area contributed by atoms with Crippen molar-refractivity contribution in [3.63, 3.8) is 0 Å². The van der Waals surface area contributed by atoms with Gasteiger partial charge in [-0.15, -0.1) is 10.2 Å². The molecule has 2 rings (SSSR count). The molecular weight excluding hydrogens is 298 g/mol. The lowest BCUT2D eigenvalue weighted by Crippen LogP contribution is -2.19. The molecule has 0 fully saturated rings. The standard InChI is InChI=1S/C12H13N3O5S/c1-8-13-14-12(20-8)9-4-2-3-5-10(9)15-21(18,19)7-6-11(16)17/h2-5,15H,6-7H2,1H3,(H,16,17). The smallest absolute Gasteiger partial charge is 0.304 e. The molecule has 2 N–H and O–H groups in total. The molecule has 0 amide bonds. The minimum atomic E-state index is -3.77. The van der Waals surface area contributed by atoms with Gasteiger partial charge in [0.25, 0.3) is 0 Å². The van der Waals surface area contributed by atoms with E-state index in [1.165, 1.54) is 6.07 Å². The number of aromatic nitrogens is 2. The topological polar surface area (TPSA) is 122 Å². The number of nitrogens with one attached hydrogen (secondary N) is 1. The first-order chi connectivity index (χ1) is 9.87. The Morgan fingerprint density at radius 3 is 2.67 bits per heavy atom. The lowest BCUT2D eigenvalue weighted by Gasteiger charge is -2.09. The average Bonchev–Trinajstić information content (AvgIpc) is 2.83. The van der Waals surface area contributed by atoms with E-state index in [1.807, 2.05) is 0 Å². The third kappa shape index (κ3) is 4.02. The Bertz CT molecular complexity index is 754. The van der Waals surface area contributed by atoms with E-state index in [0.29, 0.717) is 11.5 Å². The van der Waals surface area contributed by atoms with Gasteiger partial charge >= 0.3 is 5.97 Å². The summed E-state index contributed by atoms with van der Waals surface area (Å²) in [6, 6.07) is 6.50. The van der Waals surface area contributed by atoms with Crippen LogP contribution >= 0.6 is 0 Å². The summed E-state index contributed by atoms with van der Waals surface area (Å²) in [7, 11) is -3.77. The fraction of sp³-hybridized carbons (Fsp3) is 0.250. The number of carboxylic acids is 1. The molecule has 1 aromatic carbocycles. The Kier molecular flexibility index (Phi) is 4.22. The van der Waals surface area contributed by atoms with Crippen LogP contribution in [0.15, 0.2) is 28.7 Å². The van der Waals surface area contributed by atoms with Gasteiger partial charge in [0.15, 0.2) is 0 Å². The lowest BCUT2D eigenvalue weighted by atomic mass is 10.2. The third-order valence-corrected chi connectivity index (χ3v) is 3.81. The Hall–Kier alpha value is -2.42. The number of carboxylic acid groups (broad SMARTS) is 1. The minimum absolute atomic E-state index is 0.184. The van der Waals surface area contributed by atoms with Crippen LogP contribution in [0.5, 0.6) is 0 Å². The Balaban J connectivity index is 2.27. The first-order valence-corrected chi connectivity index (χ1v) is 7.64. The van der Waals surface area contributed by atoms with Gasteiger partial charge in [0.05, 0.1) is 23.4 Å². The Morgan fingerprint density at radius 2 is 2.05 bits per heavy atom. The van der Waals surface area contributed by atoms with E-state index in [4.69, 9.17) is 9.52 Å². The van der Waals surface area contributed by atoms with Gasteiger partial charge < -0.3 is 9.52 Å². The van der Waals surface area contributed by atoms with Crippen LogP contribution in [0.1, 0.15) is 12.3 Å². The van der Waals surface area contributed by atoms with Gasteiger partial charge in [-0.2, -0.15) is 0 Å². The van der Waals surface area contributed by atoms with Crippen molar-refractivity contribution in [2.75, 3.05) is 10.5 Å². The number of anilines is 1. The summed E-state index contributed by atoms with van der Waals surface area (Å²) in [5, 5.41) is 16.1. The second kappa shape index (κ2) is 5.92. The third-order valence-electron chi connectivity index (χ3n) is 2.53. The van der Waals surface area contributed by atoms with E-state index in [9.17, 15) is 13.2 Å². The average molecular weight is 311 g/mol. The molecule has 0 unspecified atom stereocenters. The van der Waals surface area contributed by atoms with Gasteiger partial charge in [0.1, 0.15) is 0 Å². The number of benzene rings is 1. The van der Waals surface area contributed by atoms with Crippen LogP contribution in [0.3, 0.4) is 0 Å². The number of hydrogen-bond acceptors (Lipinski definition) is 6. The number of sulfonamides is 1. The van der Waals surface area contributed by atoms with Crippen molar-refractivity contribution in [2.45, 2.75) is 13.3 Å². The van der Waals surface area contributed by atoms with Crippen molar-refractivity contribution in [1.29, 1.82) is 0 Å². The summed E-state index contributed by atoms with van der Waals surface area (Å²) in [5.74, 6) is -1.15. The summed E-state index contributed by atoms with van der Waals surface area (Å²) >= 11 is 0. The summed E-state index contributed by atoms with van der Waals surface area (Å²) < 4.78 is 31.3. The van der Waals surface area contributed by atoms with E-state index in [0.717, 1.165) is 0 Å². The van der Waals surface area contributed by atoms with Crippen molar-refractivity contribution in [3.05, 3.63) is 30.2 Å². The molecule has 0 aliphatic heterocycles. The molecule has 0 radical (unpaired) electrons. The van der Waals surface area contributed by atoms with E-state index < -0.39 is 28.2 Å². The summed E-state index contributed by atoms with van der Waals surface area (Å²) in [4.78, 5) is 10.5. The highest BCUT2D eigenvalue weighted by molar-refractivity contribution is 7.92. The Labute approximate surface area is 120 Å². The zero-order valence-electron chi connectivity index (χ0n) is 11.1. The maximum absolute atomic E-state index is 11.9. The molecule has 0 spiro atoms. The zero-order chi connectivity index (χ0) is 15.5. The molecule has 112 valence electrons. The molecule has 8 nitrogen and oxygen atoms in total. The molecule has 0 bridgehead atoms. The van der Waals surface area contributed by atoms with Crippen LogP contribution in [-0.4, -0.2) is 35.4 Å².